The molecule has 0 fully saturated rings. The minimum atomic E-state index is -1.04. The second kappa shape index (κ2) is 4.87. The molecular formula is C14H7FN2O2S. The van der Waals surface area contributed by atoms with Gasteiger partial charge in [-0.25, -0.2) is 9.37 Å². The quantitative estimate of drug-likeness (QED) is 0.691. The van der Waals surface area contributed by atoms with Gasteiger partial charge < -0.3 is 4.42 Å². The SMILES string of the molecule is N#C[C@@H](C(=O)c1ccco1)c1nc2cc(F)ccc2s1. The zero-order valence-electron chi connectivity index (χ0n) is 10.0. The average Bonchev–Trinajstić information content (AvgIpc) is 3.07. The monoisotopic (exact) mass is 286 g/mol. The summed E-state index contributed by atoms with van der Waals surface area (Å²) in [6.45, 7) is 0. The van der Waals surface area contributed by atoms with Crippen LogP contribution in [0.2, 0.25) is 0 Å². The fraction of sp³-hybridized carbons (Fsp3) is 0.0714. The van der Waals surface area contributed by atoms with Gasteiger partial charge in [0.05, 0.1) is 22.5 Å². The predicted octanol–water partition coefficient (Wildman–Crippen LogP) is 3.52. The number of ketones is 1. The fourth-order valence-electron chi connectivity index (χ4n) is 1.83. The zero-order chi connectivity index (χ0) is 14.1. The van der Waals surface area contributed by atoms with E-state index < -0.39 is 17.5 Å². The van der Waals surface area contributed by atoms with Gasteiger partial charge in [0.25, 0.3) is 0 Å². The lowest BCUT2D eigenvalue weighted by Crippen LogP contribution is -2.10. The molecule has 0 aliphatic rings. The van der Waals surface area contributed by atoms with E-state index in [9.17, 15) is 14.4 Å². The number of nitriles is 1. The Balaban J connectivity index is 2.04. The van der Waals surface area contributed by atoms with Crippen molar-refractivity contribution in [2.45, 2.75) is 5.92 Å². The minimum absolute atomic E-state index is 0.113. The van der Waals surface area contributed by atoms with Crippen LogP contribution in [0.5, 0.6) is 0 Å². The molecule has 98 valence electrons. The van der Waals surface area contributed by atoms with Crippen molar-refractivity contribution >= 4 is 27.3 Å². The van der Waals surface area contributed by atoms with Gasteiger partial charge in [-0.15, -0.1) is 11.3 Å². The number of halogens is 1. The first-order valence-corrected chi connectivity index (χ1v) is 6.54. The molecule has 0 aliphatic heterocycles. The summed E-state index contributed by atoms with van der Waals surface area (Å²) >= 11 is 1.20. The first kappa shape index (κ1) is 12.5. The van der Waals surface area contributed by atoms with Crippen LogP contribution < -0.4 is 0 Å². The number of thiazole rings is 1. The maximum Gasteiger partial charge on any atom is 0.222 e. The molecule has 6 heteroatoms. The number of hydrogen-bond acceptors (Lipinski definition) is 5. The molecule has 3 rings (SSSR count). The number of rotatable bonds is 3. The van der Waals surface area contributed by atoms with Gasteiger partial charge in [0.2, 0.25) is 5.78 Å². The summed E-state index contributed by atoms with van der Waals surface area (Å²) in [7, 11) is 0. The number of Topliss-reactive ketones (excluding diaryl/α,β-unsaturated/α-hetero) is 1. The lowest BCUT2D eigenvalue weighted by Gasteiger charge is -2.01. The average molecular weight is 286 g/mol. The van der Waals surface area contributed by atoms with Crippen LogP contribution in [0.1, 0.15) is 21.5 Å². The van der Waals surface area contributed by atoms with Gasteiger partial charge in [0, 0.05) is 6.07 Å². The van der Waals surface area contributed by atoms with Gasteiger partial charge in [0.15, 0.2) is 11.7 Å². The number of furan rings is 1. The molecule has 0 amide bonds. The predicted molar refractivity (Wildman–Crippen MR) is 71.0 cm³/mol. The van der Waals surface area contributed by atoms with Crippen LogP contribution in [-0.4, -0.2) is 10.8 Å². The van der Waals surface area contributed by atoms with E-state index in [4.69, 9.17) is 4.42 Å². The molecule has 0 saturated carbocycles. The second-order valence-electron chi connectivity index (χ2n) is 4.07. The molecule has 1 aromatic carbocycles. The number of nitrogens with zero attached hydrogens (tertiary/aromatic N) is 2. The van der Waals surface area contributed by atoms with Gasteiger partial charge in [-0.3, -0.25) is 4.79 Å². The van der Waals surface area contributed by atoms with Gasteiger partial charge in [-0.1, -0.05) is 0 Å². The summed E-state index contributed by atoms with van der Waals surface area (Å²) < 4.78 is 18.9. The molecular weight excluding hydrogens is 279 g/mol. The van der Waals surface area contributed by atoms with E-state index >= 15 is 0 Å². The molecule has 2 aromatic heterocycles. The number of aromatic nitrogens is 1. The maximum atomic E-state index is 13.1. The third-order valence-corrected chi connectivity index (χ3v) is 3.87. The van der Waals surface area contributed by atoms with E-state index in [0.717, 1.165) is 4.70 Å². The third-order valence-electron chi connectivity index (χ3n) is 2.77. The summed E-state index contributed by atoms with van der Waals surface area (Å²) in [6.07, 6.45) is 1.37. The Morgan fingerprint density at radius 1 is 1.45 bits per heavy atom. The highest BCUT2D eigenvalue weighted by molar-refractivity contribution is 7.18. The topological polar surface area (TPSA) is 66.9 Å². The lowest BCUT2D eigenvalue weighted by atomic mass is 10.1. The van der Waals surface area contributed by atoms with Crippen molar-refractivity contribution < 1.29 is 13.6 Å². The minimum Gasteiger partial charge on any atom is -0.461 e. The molecule has 0 aliphatic carbocycles. The number of fused-ring (bicyclic) bond motifs is 1. The van der Waals surface area contributed by atoms with Crippen LogP contribution in [0.25, 0.3) is 10.2 Å². The van der Waals surface area contributed by atoms with Crippen molar-refractivity contribution in [3.63, 3.8) is 0 Å². The highest BCUT2D eigenvalue weighted by atomic mass is 32.1. The molecule has 0 unspecified atom stereocenters. The largest absolute Gasteiger partial charge is 0.461 e. The van der Waals surface area contributed by atoms with Crippen LogP contribution in [0.3, 0.4) is 0 Å². The number of carbonyl (C=O) groups is 1. The fourth-order valence-corrected chi connectivity index (χ4v) is 2.82. The summed E-state index contributed by atoms with van der Waals surface area (Å²) in [6, 6.07) is 9.18. The molecule has 0 bridgehead atoms. The van der Waals surface area contributed by atoms with Crippen molar-refractivity contribution in [2.75, 3.05) is 0 Å². The number of benzene rings is 1. The maximum absolute atomic E-state index is 13.1. The van der Waals surface area contributed by atoms with Crippen molar-refractivity contribution in [1.29, 1.82) is 5.26 Å². The van der Waals surface area contributed by atoms with Gasteiger partial charge in [-0.2, -0.15) is 5.26 Å². The highest BCUT2D eigenvalue weighted by Crippen LogP contribution is 2.29. The molecule has 0 saturated heterocycles. The molecule has 1 atom stereocenters. The van der Waals surface area contributed by atoms with Crippen molar-refractivity contribution in [2.24, 2.45) is 0 Å². The Hall–Kier alpha value is -2.52. The molecule has 0 spiro atoms. The smallest absolute Gasteiger partial charge is 0.222 e. The van der Waals surface area contributed by atoms with Gasteiger partial charge in [0.1, 0.15) is 10.8 Å². The normalized spacial score (nSPS) is 12.2. The first-order chi connectivity index (χ1) is 9.69. The Morgan fingerprint density at radius 3 is 3.00 bits per heavy atom. The van der Waals surface area contributed by atoms with E-state index in [2.05, 4.69) is 4.98 Å². The summed E-state index contributed by atoms with van der Waals surface area (Å²) in [5.41, 5.74) is 0.442. The van der Waals surface area contributed by atoms with Crippen LogP contribution >= 0.6 is 11.3 Å². The Bertz CT molecular complexity index is 817. The first-order valence-electron chi connectivity index (χ1n) is 5.72. The van der Waals surface area contributed by atoms with Crippen molar-refractivity contribution in [3.05, 3.63) is 53.2 Å². The summed E-state index contributed by atoms with van der Waals surface area (Å²) in [5, 5.41) is 9.55. The van der Waals surface area contributed by atoms with Crippen LogP contribution in [-0.2, 0) is 0 Å². The van der Waals surface area contributed by atoms with E-state index in [1.54, 1.807) is 12.1 Å². The lowest BCUT2D eigenvalue weighted by molar-refractivity contribution is 0.0952. The van der Waals surface area contributed by atoms with Crippen LogP contribution in [0.15, 0.2) is 41.0 Å². The van der Waals surface area contributed by atoms with Gasteiger partial charge in [-0.05, 0) is 24.3 Å². The zero-order valence-corrected chi connectivity index (χ0v) is 10.9. The van der Waals surface area contributed by atoms with Crippen LogP contribution in [0.4, 0.5) is 4.39 Å². The van der Waals surface area contributed by atoms with Crippen molar-refractivity contribution in [3.8, 4) is 6.07 Å². The highest BCUT2D eigenvalue weighted by Gasteiger charge is 2.27. The number of hydrogen-bond donors (Lipinski definition) is 0. The van der Waals surface area contributed by atoms with Crippen LogP contribution in [0, 0.1) is 17.1 Å². The standard InChI is InChI=1S/C14H7FN2O2S/c15-8-3-4-12-10(6-8)17-14(20-12)9(7-16)13(18)11-2-1-5-19-11/h1-6,9H/t9-/m0/s1. The van der Waals surface area contributed by atoms with E-state index in [-0.39, 0.29) is 5.76 Å². The number of carbonyl (C=O) groups excluding carboxylic acids is 1. The Kier molecular flexibility index (Phi) is 3.05. The Labute approximate surface area is 117 Å². The van der Waals surface area contributed by atoms with E-state index in [0.29, 0.717) is 10.5 Å². The molecule has 2 heterocycles. The molecule has 4 nitrogen and oxygen atoms in total. The third kappa shape index (κ3) is 2.08. The summed E-state index contributed by atoms with van der Waals surface area (Å²) in [5.74, 6) is -1.78. The molecule has 0 radical (unpaired) electrons. The molecule has 0 N–H and O–H groups in total. The Morgan fingerprint density at radius 2 is 2.30 bits per heavy atom. The van der Waals surface area contributed by atoms with Crippen molar-refractivity contribution in [1.82, 2.24) is 4.98 Å². The van der Waals surface area contributed by atoms with Gasteiger partial charge >= 0.3 is 0 Å². The summed E-state index contributed by atoms with van der Waals surface area (Å²) in [4.78, 5) is 16.3. The second-order valence-corrected chi connectivity index (χ2v) is 5.13. The van der Waals surface area contributed by atoms with E-state index in [1.165, 1.54) is 35.8 Å². The molecule has 20 heavy (non-hydrogen) atoms. The molecule has 3 aromatic rings. The van der Waals surface area contributed by atoms with E-state index in [1.807, 2.05) is 6.07 Å².